The maximum Gasteiger partial charge on any atom is 0.0574 e. The van der Waals surface area contributed by atoms with Gasteiger partial charge in [-0.1, -0.05) is 26.0 Å². The van der Waals surface area contributed by atoms with Crippen LogP contribution < -0.4 is 10.2 Å². The van der Waals surface area contributed by atoms with Crippen LogP contribution in [-0.4, -0.2) is 30.3 Å². The van der Waals surface area contributed by atoms with Gasteiger partial charge in [0.1, 0.15) is 0 Å². The van der Waals surface area contributed by atoms with E-state index in [1.165, 1.54) is 11.3 Å². The van der Waals surface area contributed by atoms with Crippen molar-refractivity contribution in [2.75, 3.05) is 18.0 Å². The number of rotatable bonds is 4. The van der Waals surface area contributed by atoms with Gasteiger partial charge in [0.25, 0.3) is 0 Å². The van der Waals surface area contributed by atoms with E-state index < -0.39 is 0 Å². The van der Waals surface area contributed by atoms with Crippen LogP contribution in [0.3, 0.4) is 0 Å². The number of benzene rings is 1. The van der Waals surface area contributed by atoms with Crippen molar-refractivity contribution in [1.82, 2.24) is 5.32 Å². The van der Waals surface area contributed by atoms with E-state index in [4.69, 9.17) is 0 Å². The zero-order valence-electron chi connectivity index (χ0n) is 12.3. The summed E-state index contributed by atoms with van der Waals surface area (Å²) in [4.78, 5) is 2.36. The molecule has 106 valence electrons. The summed E-state index contributed by atoms with van der Waals surface area (Å²) >= 11 is 0. The molecule has 0 spiro atoms. The SMILES string of the molecule is CC(C)NC(C)c1ccc(N2CCC(O)CC2)cc1. The quantitative estimate of drug-likeness (QED) is 0.876. The first-order valence-electron chi connectivity index (χ1n) is 7.35. The highest BCUT2D eigenvalue weighted by atomic mass is 16.3. The molecule has 1 unspecified atom stereocenters. The average Bonchev–Trinajstić information content (AvgIpc) is 2.39. The van der Waals surface area contributed by atoms with Gasteiger partial charge in [-0.25, -0.2) is 0 Å². The van der Waals surface area contributed by atoms with Crippen LogP contribution in [0.15, 0.2) is 24.3 Å². The van der Waals surface area contributed by atoms with Gasteiger partial charge in [0, 0.05) is 30.9 Å². The molecule has 19 heavy (non-hydrogen) atoms. The molecular weight excluding hydrogens is 236 g/mol. The molecule has 3 nitrogen and oxygen atoms in total. The lowest BCUT2D eigenvalue weighted by atomic mass is 10.0. The second-order valence-electron chi connectivity index (χ2n) is 5.85. The van der Waals surface area contributed by atoms with E-state index in [2.05, 4.69) is 55.3 Å². The van der Waals surface area contributed by atoms with Gasteiger partial charge >= 0.3 is 0 Å². The summed E-state index contributed by atoms with van der Waals surface area (Å²) in [7, 11) is 0. The molecule has 0 bridgehead atoms. The Morgan fingerprint density at radius 3 is 2.21 bits per heavy atom. The molecule has 2 rings (SSSR count). The normalized spacial score (nSPS) is 18.9. The van der Waals surface area contributed by atoms with Crippen LogP contribution in [0.4, 0.5) is 5.69 Å². The summed E-state index contributed by atoms with van der Waals surface area (Å²) in [6.07, 6.45) is 1.66. The van der Waals surface area contributed by atoms with Crippen molar-refractivity contribution < 1.29 is 5.11 Å². The Morgan fingerprint density at radius 2 is 1.68 bits per heavy atom. The van der Waals surface area contributed by atoms with Crippen LogP contribution in [0.25, 0.3) is 0 Å². The molecule has 1 atom stereocenters. The van der Waals surface area contributed by atoms with Crippen molar-refractivity contribution in [3.63, 3.8) is 0 Å². The fourth-order valence-electron chi connectivity index (χ4n) is 2.69. The number of hydrogen-bond donors (Lipinski definition) is 2. The van der Waals surface area contributed by atoms with Crippen LogP contribution in [0, 0.1) is 0 Å². The van der Waals surface area contributed by atoms with Crippen molar-refractivity contribution in [2.45, 2.75) is 51.8 Å². The second kappa shape index (κ2) is 6.40. The molecule has 1 aliphatic rings. The van der Waals surface area contributed by atoms with E-state index in [0.29, 0.717) is 12.1 Å². The number of aliphatic hydroxyl groups is 1. The summed E-state index contributed by atoms with van der Waals surface area (Å²) in [6, 6.07) is 9.70. The summed E-state index contributed by atoms with van der Waals surface area (Å²) in [6.45, 7) is 8.46. The molecular formula is C16H26N2O. The standard InChI is InChI=1S/C16H26N2O/c1-12(2)17-13(3)14-4-6-15(7-5-14)18-10-8-16(19)9-11-18/h4-7,12-13,16-17,19H,8-11H2,1-3H3. The van der Waals surface area contributed by atoms with Gasteiger partial charge in [-0.15, -0.1) is 0 Å². The first-order chi connectivity index (χ1) is 9.06. The Kier molecular flexibility index (Phi) is 4.83. The largest absolute Gasteiger partial charge is 0.393 e. The Morgan fingerprint density at radius 1 is 1.11 bits per heavy atom. The van der Waals surface area contributed by atoms with Crippen molar-refractivity contribution in [3.8, 4) is 0 Å². The number of nitrogens with zero attached hydrogens (tertiary/aromatic N) is 1. The predicted molar refractivity (Wildman–Crippen MR) is 80.6 cm³/mol. The molecule has 2 N–H and O–H groups in total. The maximum absolute atomic E-state index is 9.54. The van der Waals surface area contributed by atoms with Crippen molar-refractivity contribution in [2.24, 2.45) is 0 Å². The summed E-state index contributed by atoms with van der Waals surface area (Å²) in [5.74, 6) is 0. The molecule has 0 radical (unpaired) electrons. The lowest BCUT2D eigenvalue weighted by Gasteiger charge is -2.31. The Bertz CT molecular complexity index is 380. The lowest BCUT2D eigenvalue weighted by molar-refractivity contribution is 0.145. The average molecular weight is 262 g/mol. The lowest BCUT2D eigenvalue weighted by Crippen LogP contribution is -2.35. The minimum Gasteiger partial charge on any atom is -0.393 e. The van der Waals surface area contributed by atoms with Crippen LogP contribution in [0.5, 0.6) is 0 Å². The van der Waals surface area contributed by atoms with E-state index in [-0.39, 0.29) is 6.10 Å². The number of nitrogens with one attached hydrogen (secondary N) is 1. The topological polar surface area (TPSA) is 35.5 Å². The fraction of sp³-hybridized carbons (Fsp3) is 0.625. The van der Waals surface area contributed by atoms with Gasteiger partial charge in [0.15, 0.2) is 0 Å². The molecule has 1 aromatic rings. The molecule has 0 aliphatic carbocycles. The number of piperidine rings is 1. The van der Waals surface area contributed by atoms with Gasteiger partial charge < -0.3 is 15.3 Å². The predicted octanol–water partition coefficient (Wildman–Crippen LogP) is 2.71. The highest BCUT2D eigenvalue weighted by molar-refractivity contribution is 5.48. The summed E-state index contributed by atoms with van der Waals surface area (Å²) in [5.41, 5.74) is 2.60. The molecule has 1 aromatic carbocycles. The molecule has 3 heteroatoms. The minimum absolute atomic E-state index is 0.106. The van der Waals surface area contributed by atoms with Crippen molar-refractivity contribution in [3.05, 3.63) is 29.8 Å². The van der Waals surface area contributed by atoms with Crippen LogP contribution >= 0.6 is 0 Å². The van der Waals surface area contributed by atoms with E-state index in [1.54, 1.807) is 0 Å². The van der Waals surface area contributed by atoms with E-state index in [9.17, 15) is 5.11 Å². The third-order valence-corrected chi connectivity index (χ3v) is 3.81. The van der Waals surface area contributed by atoms with Gasteiger partial charge in [-0.05, 0) is 37.5 Å². The Labute approximate surface area is 116 Å². The van der Waals surface area contributed by atoms with Gasteiger partial charge in [0.2, 0.25) is 0 Å². The highest BCUT2D eigenvalue weighted by Crippen LogP contribution is 2.22. The van der Waals surface area contributed by atoms with E-state index in [1.807, 2.05) is 0 Å². The monoisotopic (exact) mass is 262 g/mol. The van der Waals surface area contributed by atoms with Crippen molar-refractivity contribution in [1.29, 1.82) is 0 Å². The summed E-state index contributed by atoms with van der Waals surface area (Å²) in [5, 5.41) is 13.1. The molecule has 1 heterocycles. The molecule has 0 amide bonds. The van der Waals surface area contributed by atoms with Gasteiger partial charge in [0.05, 0.1) is 6.10 Å². The minimum atomic E-state index is -0.106. The zero-order chi connectivity index (χ0) is 13.8. The first kappa shape index (κ1) is 14.4. The zero-order valence-corrected chi connectivity index (χ0v) is 12.3. The van der Waals surface area contributed by atoms with Crippen molar-refractivity contribution >= 4 is 5.69 Å². The van der Waals surface area contributed by atoms with E-state index >= 15 is 0 Å². The smallest absolute Gasteiger partial charge is 0.0574 e. The number of hydrogen-bond acceptors (Lipinski definition) is 3. The second-order valence-corrected chi connectivity index (χ2v) is 5.85. The summed E-state index contributed by atoms with van der Waals surface area (Å²) < 4.78 is 0. The molecule has 1 fully saturated rings. The third kappa shape index (κ3) is 3.95. The van der Waals surface area contributed by atoms with E-state index in [0.717, 1.165) is 25.9 Å². The number of anilines is 1. The van der Waals surface area contributed by atoms with Crippen LogP contribution in [0.1, 0.15) is 45.2 Å². The van der Waals surface area contributed by atoms with Gasteiger partial charge in [-0.2, -0.15) is 0 Å². The Balaban J connectivity index is 1.98. The van der Waals surface area contributed by atoms with Gasteiger partial charge in [-0.3, -0.25) is 0 Å². The molecule has 0 saturated carbocycles. The Hall–Kier alpha value is -1.06. The van der Waals surface area contributed by atoms with Crippen LogP contribution in [0.2, 0.25) is 0 Å². The first-order valence-corrected chi connectivity index (χ1v) is 7.35. The number of aliphatic hydroxyl groups excluding tert-OH is 1. The highest BCUT2D eigenvalue weighted by Gasteiger charge is 2.17. The molecule has 1 saturated heterocycles. The molecule has 0 aromatic heterocycles. The fourth-order valence-corrected chi connectivity index (χ4v) is 2.69. The maximum atomic E-state index is 9.54. The third-order valence-electron chi connectivity index (χ3n) is 3.81. The van der Waals surface area contributed by atoms with Crippen LogP contribution in [-0.2, 0) is 0 Å². The molecule has 1 aliphatic heterocycles.